The zero-order valence-electron chi connectivity index (χ0n) is 10.7. The van der Waals surface area contributed by atoms with Crippen LogP contribution in [0, 0.1) is 6.92 Å². The largest absolute Gasteiger partial charge is 0.480 e. The number of aryl methyl sites for hydroxylation is 1. The van der Waals surface area contributed by atoms with Crippen LogP contribution in [0.5, 0.6) is 5.75 Å². The highest BCUT2D eigenvalue weighted by molar-refractivity contribution is 6.05. The molecule has 0 saturated carbocycles. The van der Waals surface area contributed by atoms with Crippen molar-refractivity contribution in [1.29, 1.82) is 0 Å². The van der Waals surface area contributed by atoms with Crippen LogP contribution in [0.2, 0.25) is 0 Å². The molecule has 0 aliphatic heterocycles. The summed E-state index contributed by atoms with van der Waals surface area (Å²) in [7, 11) is 0. The molecule has 2 aromatic rings. The first-order chi connectivity index (χ1) is 9.58. The van der Waals surface area contributed by atoms with Gasteiger partial charge in [0, 0.05) is 5.69 Å². The van der Waals surface area contributed by atoms with E-state index in [0.29, 0.717) is 22.7 Å². The summed E-state index contributed by atoms with van der Waals surface area (Å²) in [4.78, 5) is 22.6. The van der Waals surface area contributed by atoms with Gasteiger partial charge >= 0.3 is 5.97 Å². The van der Waals surface area contributed by atoms with E-state index < -0.39 is 12.6 Å². The number of hydrogen-bond acceptors (Lipinski definition) is 4. The molecule has 7 heteroatoms. The van der Waals surface area contributed by atoms with E-state index in [1.54, 1.807) is 31.2 Å². The number of anilines is 1. The molecule has 0 fully saturated rings. The number of carboxylic acid groups (broad SMARTS) is 1. The van der Waals surface area contributed by atoms with Crippen molar-refractivity contribution >= 4 is 17.6 Å². The number of nitrogens with zero attached hydrogens (tertiary/aromatic N) is 1. The summed E-state index contributed by atoms with van der Waals surface area (Å²) in [6.07, 6.45) is 1.42. The molecular weight excluding hydrogens is 262 g/mol. The van der Waals surface area contributed by atoms with Crippen LogP contribution in [-0.2, 0) is 4.79 Å². The Morgan fingerprint density at radius 2 is 2.15 bits per heavy atom. The summed E-state index contributed by atoms with van der Waals surface area (Å²) in [5.41, 5.74) is 1.46. The number of para-hydroxylation sites is 2. The maximum Gasteiger partial charge on any atom is 0.341 e. The Labute approximate surface area is 114 Å². The van der Waals surface area contributed by atoms with Crippen molar-refractivity contribution in [3.63, 3.8) is 0 Å². The third kappa shape index (κ3) is 3.14. The molecule has 3 N–H and O–H groups in total. The van der Waals surface area contributed by atoms with E-state index in [0.717, 1.165) is 0 Å². The first-order valence-corrected chi connectivity index (χ1v) is 5.83. The van der Waals surface area contributed by atoms with Crippen LogP contribution >= 0.6 is 0 Å². The minimum absolute atomic E-state index is 0.296. The third-order valence-corrected chi connectivity index (χ3v) is 2.56. The van der Waals surface area contributed by atoms with Crippen LogP contribution in [0.1, 0.15) is 16.1 Å². The molecule has 2 rings (SSSR count). The lowest BCUT2D eigenvalue weighted by molar-refractivity contribution is -0.139. The van der Waals surface area contributed by atoms with Crippen molar-refractivity contribution in [1.82, 2.24) is 10.2 Å². The van der Waals surface area contributed by atoms with Gasteiger partial charge in [0.1, 0.15) is 5.75 Å². The molecule has 0 aliphatic rings. The number of hydrogen-bond donors (Lipinski definition) is 3. The summed E-state index contributed by atoms with van der Waals surface area (Å²) >= 11 is 0. The Kier molecular flexibility index (Phi) is 3.99. The minimum Gasteiger partial charge on any atom is -0.480 e. The first kappa shape index (κ1) is 13.6. The summed E-state index contributed by atoms with van der Waals surface area (Å²) < 4.78 is 5.11. The standard InChI is InChI=1S/C13H13N3O4/c1-8-9(6-14-16-8)13(19)15-10-4-2-3-5-11(10)20-7-12(17)18/h2-6H,7H2,1H3,(H,14,16)(H,15,19)(H,17,18). The second kappa shape index (κ2) is 5.87. The second-order valence-electron chi connectivity index (χ2n) is 4.04. The van der Waals surface area contributed by atoms with Crippen LogP contribution in [0.3, 0.4) is 0 Å². The molecule has 1 aromatic heterocycles. The van der Waals surface area contributed by atoms with Gasteiger partial charge in [0.2, 0.25) is 0 Å². The van der Waals surface area contributed by atoms with Crippen molar-refractivity contribution in [2.75, 3.05) is 11.9 Å². The highest BCUT2D eigenvalue weighted by Crippen LogP contribution is 2.24. The van der Waals surface area contributed by atoms with Crippen LogP contribution < -0.4 is 10.1 Å². The van der Waals surface area contributed by atoms with Crippen molar-refractivity contribution in [2.24, 2.45) is 0 Å². The van der Waals surface area contributed by atoms with Gasteiger partial charge in [-0.1, -0.05) is 12.1 Å². The molecule has 0 spiro atoms. The van der Waals surface area contributed by atoms with Crippen molar-refractivity contribution in [2.45, 2.75) is 6.92 Å². The molecule has 0 aliphatic carbocycles. The van der Waals surface area contributed by atoms with E-state index in [-0.39, 0.29) is 5.91 Å². The molecule has 0 saturated heterocycles. The molecule has 1 aromatic carbocycles. The van der Waals surface area contributed by atoms with Gasteiger partial charge in [0.15, 0.2) is 6.61 Å². The fourth-order valence-corrected chi connectivity index (χ4v) is 1.60. The summed E-state index contributed by atoms with van der Waals surface area (Å²) in [5, 5.41) is 17.7. The lowest BCUT2D eigenvalue weighted by atomic mass is 10.2. The van der Waals surface area contributed by atoms with E-state index in [9.17, 15) is 9.59 Å². The fourth-order valence-electron chi connectivity index (χ4n) is 1.60. The smallest absolute Gasteiger partial charge is 0.341 e. The normalized spacial score (nSPS) is 10.1. The van der Waals surface area contributed by atoms with Crippen molar-refractivity contribution in [3.05, 3.63) is 41.7 Å². The van der Waals surface area contributed by atoms with Crippen LogP contribution in [0.25, 0.3) is 0 Å². The fraction of sp³-hybridized carbons (Fsp3) is 0.154. The number of carbonyl (C=O) groups excluding carboxylic acids is 1. The molecule has 1 amide bonds. The number of carbonyl (C=O) groups is 2. The quantitative estimate of drug-likeness (QED) is 0.765. The van der Waals surface area contributed by atoms with Crippen molar-refractivity contribution < 1.29 is 19.4 Å². The maximum atomic E-state index is 12.0. The van der Waals surface area contributed by atoms with Gasteiger partial charge in [-0.25, -0.2) is 4.79 Å². The molecule has 0 unspecified atom stereocenters. The Hall–Kier alpha value is -2.83. The van der Waals surface area contributed by atoms with Crippen LogP contribution in [0.15, 0.2) is 30.5 Å². The Balaban J connectivity index is 2.15. The van der Waals surface area contributed by atoms with E-state index in [4.69, 9.17) is 9.84 Å². The van der Waals surface area contributed by atoms with Crippen LogP contribution in [0.4, 0.5) is 5.69 Å². The number of carboxylic acids is 1. The SMILES string of the molecule is Cc1[nH]ncc1C(=O)Nc1ccccc1OCC(=O)O. The van der Waals surface area contributed by atoms with E-state index in [2.05, 4.69) is 15.5 Å². The lowest BCUT2D eigenvalue weighted by Gasteiger charge is -2.10. The topological polar surface area (TPSA) is 104 Å². The average Bonchev–Trinajstić information content (AvgIpc) is 2.84. The summed E-state index contributed by atoms with van der Waals surface area (Å²) in [6, 6.07) is 6.62. The third-order valence-electron chi connectivity index (χ3n) is 2.56. The Morgan fingerprint density at radius 3 is 2.80 bits per heavy atom. The van der Waals surface area contributed by atoms with E-state index in [1.807, 2.05) is 0 Å². The number of nitrogens with one attached hydrogen (secondary N) is 2. The first-order valence-electron chi connectivity index (χ1n) is 5.83. The molecule has 104 valence electrons. The van der Waals surface area contributed by atoms with Gasteiger partial charge in [0.05, 0.1) is 17.4 Å². The van der Waals surface area contributed by atoms with E-state index >= 15 is 0 Å². The lowest BCUT2D eigenvalue weighted by Crippen LogP contribution is -2.15. The molecule has 20 heavy (non-hydrogen) atoms. The van der Waals surface area contributed by atoms with Gasteiger partial charge in [-0.2, -0.15) is 5.10 Å². The van der Waals surface area contributed by atoms with Crippen molar-refractivity contribution in [3.8, 4) is 5.75 Å². The number of aromatic amines is 1. The monoisotopic (exact) mass is 275 g/mol. The van der Waals surface area contributed by atoms with E-state index in [1.165, 1.54) is 6.20 Å². The number of benzene rings is 1. The van der Waals surface area contributed by atoms with Gasteiger partial charge in [-0.15, -0.1) is 0 Å². The Bertz CT molecular complexity index is 636. The van der Waals surface area contributed by atoms with Gasteiger partial charge < -0.3 is 15.2 Å². The summed E-state index contributed by atoms with van der Waals surface area (Å²) in [5.74, 6) is -1.14. The maximum absolute atomic E-state index is 12.0. The molecule has 0 radical (unpaired) electrons. The molecule has 1 heterocycles. The number of ether oxygens (including phenoxy) is 1. The highest BCUT2D eigenvalue weighted by atomic mass is 16.5. The molecule has 0 bridgehead atoms. The predicted octanol–water partition coefficient (Wildman–Crippen LogP) is 1.43. The zero-order valence-corrected chi connectivity index (χ0v) is 10.7. The molecule has 7 nitrogen and oxygen atoms in total. The van der Waals surface area contributed by atoms with Gasteiger partial charge in [0.25, 0.3) is 5.91 Å². The predicted molar refractivity (Wildman–Crippen MR) is 70.9 cm³/mol. The highest BCUT2D eigenvalue weighted by Gasteiger charge is 2.13. The number of aliphatic carboxylic acids is 1. The average molecular weight is 275 g/mol. The number of aromatic nitrogens is 2. The number of H-pyrrole nitrogens is 1. The number of amides is 1. The molecular formula is C13H13N3O4. The second-order valence-corrected chi connectivity index (χ2v) is 4.04. The van der Waals surface area contributed by atoms with Gasteiger partial charge in [-0.3, -0.25) is 9.89 Å². The summed E-state index contributed by atoms with van der Waals surface area (Å²) in [6.45, 7) is 1.26. The zero-order chi connectivity index (χ0) is 14.5. The minimum atomic E-state index is -1.09. The van der Waals surface area contributed by atoms with Crippen LogP contribution in [-0.4, -0.2) is 33.8 Å². The number of rotatable bonds is 5. The van der Waals surface area contributed by atoms with Gasteiger partial charge in [-0.05, 0) is 19.1 Å². The Morgan fingerprint density at radius 1 is 1.40 bits per heavy atom. The molecule has 0 atom stereocenters.